The summed E-state index contributed by atoms with van der Waals surface area (Å²) < 4.78 is 2.06. The number of amides is 1. The van der Waals surface area contributed by atoms with Crippen molar-refractivity contribution in [2.45, 2.75) is 30.5 Å². The molecule has 2 heterocycles. The van der Waals surface area contributed by atoms with Crippen LogP contribution in [0, 0.1) is 0 Å². The van der Waals surface area contributed by atoms with Gasteiger partial charge in [-0.15, -0.1) is 22.7 Å². The summed E-state index contributed by atoms with van der Waals surface area (Å²) in [4.78, 5) is 21.1. The van der Waals surface area contributed by atoms with Crippen molar-refractivity contribution < 1.29 is 4.79 Å². The molecule has 23 heavy (non-hydrogen) atoms. The van der Waals surface area contributed by atoms with E-state index in [2.05, 4.69) is 36.1 Å². The van der Waals surface area contributed by atoms with Crippen molar-refractivity contribution in [3.63, 3.8) is 0 Å². The first kappa shape index (κ1) is 16.4. The molecule has 0 aliphatic carbocycles. The average Bonchev–Trinajstić information content (AvgIpc) is 3.10. The van der Waals surface area contributed by atoms with Crippen molar-refractivity contribution in [2.24, 2.45) is 0 Å². The molecule has 1 aromatic carbocycles. The molecular weight excluding hydrogens is 346 g/mol. The summed E-state index contributed by atoms with van der Waals surface area (Å²) in [6.07, 6.45) is 0. The maximum atomic E-state index is 12.1. The van der Waals surface area contributed by atoms with Crippen molar-refractivity contribution >= 4 is 55.7 Å². The van der Waals surface area contributed by atoms with Crippen LogP contribution in [0.2, 0.25) is 0 Å². The Morgan fingerprint density at radius 2 is 2.04 bits per heavy atom. The highest BCUT2D eigenvalue weighted by Gasteiger charge is 2.18. The summed E-state index contributed by atoms with van der Waals surface area (Å²) in [5, 5.41) is 5.52. The Hall–Kier alpha value is -1.44. The molecule has 1 amide bonds. The Balaban J connectivity index is 1.58. The second kappa shape index (κ2) is 6.59. The number of anilines is 1. The van der Waals surface area contributed by atoms with Crippen LogP contribution in [0.15, 0.2) is 34.0 Å². The Morgan fingerprint density at radius 1 is 1.26 bits per heavy atom. The van der Waals surface area contributed by atoms with Gasteiger partial charge in [0.05, 0.1) is 21.7 Å². The van der Waals surface area contributed by atoms with Crippen LogP contribution < -0.4 is 5.32 Å². The number of hydrogen-bond acceptors (Lipinski definition) is 6. The highest BCUT2D eigenvalue weighted by atomic mass is 32.2. The summed E-state index contributed by atoms with van der Waals surface area (Å²) in [7, 11) is 0. The van der Waals surface area contributed by atoms with Crippen molar-refractivity contribution in [2.75, 3.05) is 11.1 Å². The molecule has 4 nitrogen and oxygen atoms in total. The minimum Gasteiger partial charge on any atom is -0.301 e. The zero-order valence-corrected chi connectivity index (χ0v) is 15.6. The topological polar surface area (TPSA) is 54.9 Å². The fourth-order valence-corrected chi connectivity index (χ4v) is 4.69. The quantitative estimate of drug-likeness (QED) is 0.678. The molecule has 0 aliphatic rings. The van der Waals surface area contributed by atoms with Crippen molar-refractivity contribution in [1.29, 1.82) is 0 Å². The number of carbonyl (C=O) groups is 1. The van der Waals surface area contributed by atoms with E-state index in [0.717, 1.165) is 20.3 Å². The molecule has 0 radical (unpaired) electrons. The Labute approximate surface area is 147 Å². The van der Waals surface area contributed by atoms with E-state index < -0.39 is 0 Å². The van der Waals surface area contributed by atoms with E-state index in [-0.39, 0.29) is 11.3 Å². The summed E-state index contributed by atoms with van der Waals surface area (Å²) in [5.41, 5.74) is 1.97. The molecule has 120 valence electrons. The number of nitrogens with one attached hydrogen (secondary N) is 1. The number of thiazole rings is 2. The number of thioether (sulfide) groups is 1. The first-order chi connectivity index (χ1) is 10.9. The van der Waals surface area contributed by atoms with Crippen LogP contribution in [0.1, 0.15) is 26.5 Å². The molecule has 3 rings (SSSR count). The zero-order valence-electron chi connectivity index (χ0n) is 13.1. The lowest BCUT2D eigenvalue weighted by Gasteiger charge is -2.14. The number of fused-ring (bicyclic) bond motifs is 1. The van der Waals surface area contributed by atoms with E-state index in [9.17, 15) is 4.79 Å². The molecule has 0 saturated carbocycles. The molecule has 0 atom stereocenters. The van der Waals surface area contributed by atoms with E-state index >= 15 is 0 Å². The van der Waals surface area contributed by atoms with Gasteiger partial charge in [0.1, 0.15) is 0 Å². The van der Waals surface area contributed by atoms with E-state index in [4.69, 9.17) is 0 Å². The van der Waals surface area contributed by atoms with Crippen molar-refractivity contribution in [1.82, 2.24) is 9.97 Å². The highest BCUT2D eigenvalue weighted by molar-refractivity contribution is 8.01. The number of hydrogen-bond donors (Lipinski definition) is 1. The number of rotatable bonds is 4. The number of benzene rings is 1. The smallest absolute Gasteiger partial charge is 0.236 e. The SMILES string of the molecule is CC(C)(C)c1csc(NC(=O)CSc2nc3ccccc3s2)n1. The maximum Gasteiger partial charge on any atom is 0.236 e. The molecule has 2 aromatic heterocycles. The van der Waals surface area contributed by atoms with Crippen LogP contribution in [-0.4, -0.2) is 21.6 Å². The summed E-state index contributed by atoms with van der Waals surface area (Å²) in [6.45, 7) is 6.32. The van der Waals surface area contributed by atoms with Gasteiger partial charge in [-0.3, -0.25) is 4.79 Å². The lowest BCUT2D eigenvalue weighted by molar-refractivity contribution is -0.113. The second-order valence-corrected chi connectivity index (χ2v) is 9.18. The Kier molecular flexibility index (Phi) is 4.70. The predicted octanol–water partition coefficient (Wildman–Crippen LogP) is 4.78. The third kappa shape index (κ3) is 4.10. The maximum absolute atomic E-state index is 12.1. The van der Waals surface area contributed by atoms with Gasteiger partial charge in [0.15, 0.2) is 9.47 Å². The summed E-state index contributed by atoms with van der Waals surface area (Å²) in [6, 6.07) is 8.00. The molecule has 0 bridgehead atoms. The molecule has 0 fully saturated rings. The van der Waals surface area contributed by atoms with Crippen LogP contribution in [0.3, 0.4) is 0 Å². The lowest BCUT2D eigenvalue weighted by atomic mass is 9.93. The Morgan fingerprint density at radius 3 is 2.74 bits per heavy atom. The van der Waals surface area contributed by atoms with Gasteiger partial charge in [0, 0.05) is 10.8 Å². The number of aromatic nitrogens is 2. The third-order valence-electron chi connectivity index (χ3n) is 3.12. The summed E-state index contributed by atoms with van der Waals surface area (Å²) in [5.74, 6) is 0.286. The molecule has 0 spiro atoms. The average molecular weight is 364 g/mol. The molecular formula is C16H17N3OS3. The van der Waals surface area contributed by atoms with E-state index in [1.807, 2.05) is 29.6 Å². The van der Waals surface area contributed by atoms with Gasteiger partial charge in [0.2, 0.25) is 5.91 Å². The Bertz CT molecular complexity index is 799. The molecule has 1 N–H and O–H groups in total. The van der Waals surface area contributed by atoms with Crippen molar-refractivity contribution in [3.8, 4) is 0 Å². The van der Waals surface area contributed by atoms with E-state index in [1.165, 1.54) is 23.1 Å². The molecule has 0 saturated heterocycles. The zero-order chi connectivity index (χ0) is 16.4. The fraction of sp³-hybridized carbons (Fsp3) is 0.312. The lowest BCUT2D eigenvalue weighted by Crippen LogP contribution is -2.15. The van der Waals surface area contributed by atoms with E-state index in [0.29, 0.717) is 10.9 Å². The molecule has 3 aromatic rings. The first-order valence-corrected chi connectivity index (χ1v) is 9.84. The molecule has 0 unspecified atom stereocenters. The highest BCUT2D eigenvalue weighted by Crippen LogP contribution is 2.30. The number of nitrogens with zero attached hydrogens (tertiary/aromatic N) is 2. The normalized spacial score (nSPS) is 11.8. The predicted molar refractivity (Wildman–Crippen MR) is 99.8 cm³/mol. The first-order valence-electron chi connectivity index (χ1n) is 7.16. The van der Waals surface area contributed by atoms with Gasteiger partial charge in [-0.05, 0) is 12.1 Å². The van der Waals surface area contributed by atoms with Gasteiger partial charge < -0.3 is 5.32 Å². The standard InChI is InChI=1S/C16H17N3OS3/c1-16(2,3)12-8-21-14(18-12)19-13(20)9-22-15-17-10-6-4-5-7-11(10)23-15/h4-8H,9H2,1-3H3,(H,18,19,20). The van der Waals surface area contributed by atoms with Gasteiger partial charge in [-0.1, -0.05) is 44.7 Å². The van der Waals surface area contributed by atoms with Gasteiger partial charge >= 0.3 is 0 Å². The fourth-order valence-electron chi connectivity index (χ4n) is 1.87. The van der Waals surface area contributed by atoms with Gasteiger partial charge in [0.25, 0.3) is 0 Å². The molecule has 7 heteroatoms. The third-order valence-corrected chi connectivity index (χ3v) is 6.06. The largest absolute Gasteiger partial charge is 0.301 e. The summed E-state index contributed by atoms with van der Waals surface area (Å²) >= 11 is 4.53. The van der Waals surface area contributed by atoms with Crippen molar-refractivity contribution in [3.05, 3.63) is 35.3 Å². The van der Waals surface area contributed by atoms with Crippen LogP contribution in [0.25, 0.3) is 10.2 Å². The van der Waals surface area contributed by atoms with Crippen LogP contribution >= 0.6 is 34.4 Å². The number of carbonyl (C=O) groups excluding carboxylic acids is 1. The van der Waals surface area contributed by atoms with E-state index in [1.54, 1.807) is 11.3 Å². The monoisotopic (exact) mass is 363 g/mol. The van der Waals surface area contributed by atoms with Crippen LogP contribution in [-0.2, 0) is 10.2 Å². The molecule has 0 aliphatic heterocycles. The van der Waals surface area contributed by atoms with Crippen LogP contribution in [0.4, 0.5) is 5.13 Å². The van der Waals surface area contributed by atoms with Gasteiger partial charge in [-0.25, -0.2) is 9.97 Å². The van der Waals surface area contributed by atoms with Crippen LogP contribution in [0.5, 0.6) is 0 Å². The second-order valence-electron chi connectivity index (χ2n) is 6.07. The minimum atomic E-state index is -0.0518. The number of para-hydroxylation sites is 1. The van der Waals surface area contributed by atoms with Gasteiger partial charge in [-0.2, -0.15) is 0 Å². The minimum absolute atomic E-state index is 0.00474.